The van der Waals surface area contributed by atoms with E-state index < -0.39 is 5.56 Å². The second-order valence-corrected chi connectivity index (χ2v) is 7.94. The van der Waals surface area contributed by atoms with Crippen molar-refractivity contribution < 1.29 is 14.6 Å². The highest BCUT2D eigenvalue weighted by atomic mass is 16.5. The number of benzene rings is 1. The highest BCUT2D eigenvalue weighted by molar-refractivity contribution is 5.89. The van der Waals surface area contributed by atoms with Gasteiger partial charge in [-0.15, -0.1) is 0 Å². The average Bonchev–Trinajstić information content (AvgIpc) is 2.70. The van der Waals surface area contributed by atoms with Crippen molar-refractivity contribution in [3.8, 4) is 17.2 Å². The van der Waals surface area contributed by atoms with Crippen molar-refractivity contribution in [3.05, 3.63) is 28.6 Å². The predicted octanol–water partition coefficient (Wildman–Crippen LogP) is 6.21. The van der Waals surface area contributed by atoms with Crippen LogP contribution in [0.3, 0.4) is 0 Å². The second kappa shape index (κ2) is 11.7. The summed E-state index contributed by atoms with van der Waals surface area (Å²) in [7, 11) is 0. The molecule has 5 heteroatoms. The summed E-state index contributed by atoms with van der Waals surface area (Å²) >= 11 is 0. The molecule has 162 valence electrons. The van der Waals surface area contributed by atoms with Crippen LogP contribution in [0.1, 0.15) is 85.1 Å². The third-order valence-electron chi connectivity index (χ3n) is 5.14. The number of ether oxygens (including phenoxy) is 2. The molecule has 5 nitrogen and oxygen atoms in total. The first-order valence-corrected chi connectivity index (χ1v) is 11.2. The Morgan fingerprint density at radius 1 is 0.931 bits per heavy atom. The second-order valence-electron chi connectivity index (χ2n) is 7.94. The van der Waals surface area contributed by atoms with Crippen LogP contribution in [-0.2, 0) is 0 Å². The van der Waals surface area contributed by atoms with Crippen molar-refractivity contribution in [2.24, 2.45) is 0 Å². The number of hydrogen-bond acceptors (Lipinski definition) is 4. The molecule has 0 spiro atoms. The minimum absolute atomic E-state index is 0.0885. The number of nitrogens with zero attached hydrogens (tertiary/aromatic N) is 1. The number of hydrogen-bond donors (Lipinski definition) is 1. The van der Waals surface area contributed by atoms with Crippen LogP contribution in [0.5, 0.6) is 17.2 Å². The first kappa shape index (κ1) is 23.1. The maximum absolute atomic E-state index is 12.8. The van der Waals surface area contributed by atoms with E-state index in [4.69, 9.17) is 9.47 Å². The van der Waals surface area contributed by atoms with Gasteiger partial charge >= 0.3 is 0 Å². The largest absolute Gasteiger partial charge is 0.500 e. The highest BCUT2D eigenvalue weighted by Gasteiger charge is 2.19. The lowest BCUT2D eigenvalue weighted by molar-refractivity contribution is 0.293. The van der Waals surface area contributed by atoms with Gasteiger partial charge in [-0.2, -0.15) is 0 Å². The molecule has 0 saturated carbocycles. The molecule has 1 N–H and O–H groups in total. The molecule has 0 fully saturated rings. The summed E-state index contributed by atoms with van der Waals surface area (Å²) in [5.74, 6) is 0.700. The van der Waals surface area contributed by atoms with E-state index in [-0.39, 0.29) is 17.5 Å². The highest BCUT2D eigenvalue weighted by Crippen LogP contribution is 2.35. The minimum atomic E-state index is -0.424. The fourth-order valence-corrected chi connectivity index (χ4v) is 3.49. The molecule has 0 radical (unpaired) electrons. The molecule has 0 saturated heterocycles. The van der Waals surface area contributed by atoms with Crippen molar-refractivity contribution in [2.75, 3.05) is 13.2 Å². The summed E-state index contributed by atoms with van der Waals surface area (Å²) in [5.41, 5.74) is 0.307. The third kappa shape index (κ3) is 6.15. The van der Waals surface area contributed by atoms with Gasteiger partial charge in [-0.3, -0.25) is 4.79 Å². The molecular formula is C24H37NO4. The zero-order valence-corrected chi connectivity index (χ0v) is 18.5. The van der Waals surface area contributed by atoms with E-state index in [1.54, 1.807) is 4.57 Å². The van der Waals surface area contributed by atoms with Crippen molar-refractivity contribution in [2.45, 2.75) is 85.1 Å². The number of aromatic nitrogens is 1. The van der Waals surface area contributed by atoms with Gasteiger partial charge in [-0.05, 0) is 38.8 Å². The molecular weight excluding hydrogens is 366 g/mol. The van der Waals surface area contributed by atoms with Crippen LogP contribution in [0.4, 0.5) is 0 Å². The Bertz CT molecular complexity index is 826. The Morgan fingerprint density at radius 2 is 1.59 bits per heavy atom. The lowest BCUT2D eigenvalue weighted by Gasteiger charge is -2.19. The van der Waals surface area contributed by atoms with Gasteiger partial charge in [0.1, 0.15) is 5.75 Å². The van der Waals surface area contributed by atoms with Crippen molar-refractivity contribution in [1.29, 1.82) is 0 Å². The monoisotopic (exact) mass is 403 g/mol. The summed E-state index contributed by atoms with van der Waals surface area (Å²) in [5, 5.41) is 11.2. The zero-order chi connectivity index (χ0) is 21.2. The molecule has 2 rings (SSSR count). The molecule has 0 aliphatic heterocycles. The molecule has 0 atom stereocenters. The normalized spacial score (nSPS) is 11.3. The molecule has 1 heterocycles. The maximum Gasteiger partial charge on any atom is 0.297 e. The number of aromatic hydroxyl groups is 1. The summed E-state index contributed by atoms with van der Waals surface area (Å²) in [4.78, 5) is 12.8. The summed E-state index contributed by atoms with van der Waals surface area (Å²) in [6.07, 6.45) is 9.15. The van der Waals surface area contributed by atoms with Gasteiger partial charge in [0.2, 0.25) is 5.75 Å². The van der Waals surface area contributed by atoms with Gasteiger partial charge in [-0.25, -0.2) is 0 Å². The average molecular weight is 404 g/mol. The zero-order valence-electron chi connectivity index (χ0n) is 18.5. The lowest BCUT2D eigenvalue weighted by Crippen LogP contribution is -2.23. The number of rotatable bonds is 13. The molecule has 0 unspecified atom stereocenters. The quantitative estimate of drug-likeness (QED) is 0.404. The van der Waals surface area contributed by atoms with Gasteiger partial charge < -0.3 is 19.1 Å². The molecule has 2 aromatic rings. The molecule has 29 heavy (non-hydrogen) atoms. The van der Waals surface area contributed by atoms with Gasteiger partial charge in [0, 0.05) is 17.5 Å². The van der Waals surface area contributed by atoms with Gasteiger partial charge in [-0.1, -0.05) is 52.4 Å². The number of pyridine rings is 1. The molecule has 0 aliphatic carbocycles. The SMILES string of the molecule is CCCCCCCCOc1ccc2c(OCCCC)c(O)c(=O)n(C(C)C)c2c1. The van der Waals surface area contributed by atoms with Crippen LogP contribution < -0.4 is 15.0 Å². The first-order valence-electron chi connectivity index (χ1n) is 11.2. The summed E-state index contributed by atoms with van der Waals surface area (Å²) < 4.78 is 13.3. The maximum atomic E-state index is 12.8. The van der Waals surface area contributed by atoms with E-state index in [1.807, 2.05) is 32.0 Å². The number of unbranched alkanes of at least 4 members (excludes halogenated alkanes) is 6. The van der Waals surface area contributed by atoms with Crippen molar-refractivity contribution >= 4 is 10.9 Å². The Hall–Kier alpha value is -2.17. The Morgan fingerprint density at radius 3 is 2.28 bits per heavy atom. The van der Waals surface area contributed by atoms with E-state index in [9.17, 15) is 9.90 Å². The molecule has 1 aromatic heterocycles. The molecule has 0 bridgehead atoms. The Balaban J connectivity index is 2.23. The molecule has 0 amide bonds. The smallest absolute Gasteiger partial charge is 0.297 e. The van der Waals surface area contributed by atoms with Gasteiger partial charge in [0.05, 0.1) is 18.7 Å². The first-order chi connectivity index (χ1) is 14.0. The fourth-order valence-electron chi connectivity index (χ4n) is 3.49. The minimum Gasteiger partial charge on any atom is -0.500 e. The van der Waals surface area contributed by atoms with Crippen molar-refractivity contribution in [1.82, 2.24) is 4.57 Å². The van der Waals surface area contributed by atoms with Crippen LogP contribution >= 0.6 is 0 Å². The molecule has 1 aromatic carbocycles. The molecule has 0 aliphatic rings. The standard InChI is InChI=1S/C24H37NO4/c1-5-7-9-10-11-12-16-28-19-13-14-20-21(17-19)25(18(3)4)24(27)22(26)23(20)29-15-8-6-2/h13-14,17-18,26H,5-12,15-16H2,1-4H3. The van der Waals surface area contributed by atoms with E-state index >= 15 is 0 Å². The Labute approximate surface area is 174 Å². The van der Waals surface area contributed by atoms with E-state index in [0.29, 0.717) is 13.2 Å². The lowest BCUT2D eigenvalue weighted by atomic mass is 10.1. The summed E-state index contributed by atoms with van der Waals surface area (Å²) in [6, 6.07) is 5.57. The van der Waals surface area contributed by atoms with Crippen LogP contribution in [-0.4, -0.2) is 22.9 Å². The van der Waals surface area contributed by atoms with Crippen LogP contribution in [0.25, 0.3) is 10.9 Å². The van der Waals surface area contributed by atoms with E-state index in [1.165, 1.54) is 32.1 Å². The van der Waals surface area contributed by atoms with Crippen LogP contribution in [0.15, 0.2) is 23.0 Å². The van der Waals surface area contributed by atoms with E-state index in [0.717, 1.165) is 35.9 Å². The predicted molar refractivity (Wildman–Crippen MR) is 120 cm³/mol. The van der Waals surface area contributed by atoms with Crippen LogP contribution in [0.2, 0.25) is 0 Å². The van der Waals surface area contributed by atoms with Crippen molar-refractivity contribution in [3.63, 3.8) is 0 Å². The fraction of sp³-hybridized carbons (Fsp3) is 0.625. The van der Waals surface area contributed by atoms with Gasteiger partial charge in [0.25, 0.3) is 5.56 Å². The van der Waals surface area contributed by atoms with E-state index in [2.05, 4.69) is 13.8 Å². The Kier molecular flexibility index (Phi) is 9.36. The van der Waals surface area contributed by atoms with Gasteiger partial charge in [0.15, 0.2) is 5.75 Å². The number of fused-ring (bicyclic) bond motifs is 1. The summed E-state index contributed by atoms with van der Waals surface area (Å²) in [6.45, 7) is 9.30. The third-order valence-corrected chi connectivity index (χ3v) is 5.14. The topological polar surface area (TPSA) is 60.7 Å². The van der Waals surface area contributed by atoms with Crippen LogP contribution in [0, 0.1) is 0 Å².